The number of hydrogen-bond donors (Lipinski definition) is 0. The van der Waals surface area contributed by atoms with Crippen molar-refractivity contribution in [3.05, 3.63) is 23.8 Å². The molecule has 0 unspecified atom stereocenters. The van der Waals surface area contributed by atoms with Crippen molar-refractivity contribution in [1.82, 2.24) is 0 Å². The van der Waals surface area contributed by atoms with Crippen molar-refractivity contribution in [2.75, 3.05) is 0 Å². The van der Waals surface area contributed by atoms with Gasteiger partial charge in [0.1, 0.15) is 0 Å². The van der Waals surface area contributed by atoms with Gasteiger partial charge in [-0.2, -0.15) is 0 Å². The third-order valence-electron chi connectivity index (χ3n) is 4.57. The summed E-state index contributed by atoms with van der Waals surface area (Å²) in [4.78, 5) is 0. The molecule has 1 saturated carbocycles. The first-order valence-electron chi connectivity index (χ1n) is 6.34. The fourth-order valence-electron chi connectivity index (χ4n) is 3.44. The van der Waals surface area contributed by atoms with Gasteiger partial charge in [-0.15, -0.1) is 0 Å². The topological polar surface area (TPSA) is 0 Å². The van der Waals surface area contributed by atoms with Crippen LogP contribution < -0.4 is 0 Å². The molecule has 0 N–H and O–H groups in total. The maximum atomic E-state index is 4.30. The van der Waals surface area contributed by atoms with Crippen LogP contribution in [0.15, 0.2) is 23.8 Å². The molecule has 0 aromatic rings. The van der Waals surface area contributed by atoms with Crippen LogP contribution in [0.4, 0.5) is 0 Å². The van der Waals surface area contributed by atoms with E-state index in [1.165, 1.54) is 37.7 Å². The molecule has 0 nitrogen and oxygen atoms in total. The van der Waals surface area contributed by atoms with Crippen LogP contribution in [0, 0.1) is 17.3 Å². The molecule has 84 valence electrons. The largest absolute Gasteiger partial charge is 0.0996 e. The molecule has 0 radical (unpaired) electrons. The third-order valence-corrected chi connectivity index (χ3v) is 4.57. The first kappa shape index (κ1) is 11.0. The summed E-state index contributed by atoms with van der Waals surface area (Å²) < 4.78 is 0. The number of hydrogen-bond acceptors (Lipinski definition) is 0. The molecule has 2 atom stereocenters. The van der Waals surface area contributed by atoms with Gasteiger partial charge in [-0.05, 0) is 56.3 Å². The molecule has 0 amide bonds. The van der Waals surface area contributed by atoms with Gasteiger partial charge in [0.05, 0.1) is 0 Å². The maximum absolute atomic E-state index is 4.30. The van der Waals surface area contributed by atoms with Gasteiger partial charge in [-0.3, -0.25) is 0 Å². The van der Waals surface area contributed by atoms with E-state index < -0.39 is 0 Å². The summed E-state index contributed by atoms with van der Waals surface area (Å²) in [5, 5.41) is 0. The van der Waals surface area contributed by atoms with E-state index in [2.05, 4.69) is 33.4 Å². The second kappa shape index (κ2) is 3.81. The van der Waals surface area contributed by atoms with Gasteiger partial charge in [0, 0.05) is 0 Å². The summed E-state index contributed by atoms with van der Waals surface area (Å²) in [6, 6.07) is 0. The Morgan fingerprint density at radius 1 is 1.33 bits per heavy atom. The number of fused-ring (bicyclic) bond motifs is 1. The fraction of sp³-hybridized carbons (Fsp3) is 0.733. The van der Waals surface area contributed by atoms with E-state index >= 15 is 0 Å². The molecule has 2 aliphatic rings. The van der Waals surface area contributed by atoms with E-state index in [0.717, 1.165) is 11.8 Å². The van der Waals surface area contributed by atoms with Gasteiger partial charge >= 0.3 is 0 Å². The Balaban J connectivity index is 2.12. The minimum Gasteiger partial charge on any atom is -0.0996 e. The van der Waals surface area contributed by atoms with E-state index in [9.17, 15) is 0 Å². The van der Waals surface area contributed by atoms with Gasteiger partial charge in [0.2, 0.25) is 0 Å². The molecule has 0 aliphatic heterocycles. The van der Waals surface area contributed by atoms with Crippen LogP contribution >= 0.6 is 0 Å². The van der Waals surface area contributed by atoms with Crippen molar-refractivity contribution >= 4 is 0 Å². The molecule has 0 aromatic carbocycles. The Hall–Kier alpha value is -0.520. The smallest absolute Gasteiger partial charge is 0.0167 e. The van der Waals surface area contributed by atoms with Gasteiger partial charge in [0.25, 0.3) is 0 Å². The molecule has 0 bridgehead atoms. The lowest BCUT2D eigenvalue weighted by Crippen LogP contribution is -2.44. The summed E-state index contributed by atoms with van der Waals surface area (Å²) in [6.45, 7) is 11.4. The second-order valence-electron chi connectivity index (χ2n) is 6.19. The van der Waals surface area contributed by atoms with Crippen molar-refractivity contribution in [2.24, 2.45) is 17.3 Å². The SMILES string of the molecule is C=C1CC/C=C(/C)CC[C@H]2[C@H]1CC2(C)C. The molecular formula is C15H24. The minimum absolute atomic E-state index is 0.568. The molecule has 1 fully saturated rings. The zero-order valence-electron chi connectivity index (χ0n) is 10.5. The van der Waals surface area contributed by atoms with Gasteiger partial charge in [-0.25, -0.2) is 0 Å². The van der Waals surface area contributed by atoms with Crippen LogP contribution in [0.5, 0.6) is 0 Å². The average molecular weight is 204 g/mol. The van der Waals surface area contributed by atoms with Crippen LogP contribution in [0.1, 0.15) is 52.9 Å². The van der Waals surface area contributed by atoms with Crippen molar-refractivity contribution in [2.45, 2.75) is 52.9 Å². The number of allylic oxidation sites excluding steroid dienone is 3. The number of rotatable bonds is 0. The summed E-state index contributed by atoms with van der Waals surface area (Å²) in [6.07, 6.45) is 8.90. The van der Waals surface area contributed by atoms with E-state index in [4.69, 9.17) is 0 Å². The Morgan fingerprint density at radius 2 is 2.07 bits per heavy atom. The first-order valence-corrected chi connectivity index (χ1v) is 6.34. The standard InChI is InChI=1S/C15H24/c1-11-6-5-7-12(2)13-10-15(3,4)14(13)9-8-11/h6,13-14H,2,5,7-10H2,1,3-4H3/b11-6-/t13-,14-/m0/s1. The van der Waals surface area contributed by atoms with Gasteiger partial charge in [0.15, 0.2) is 0 Å². The highest BCUT2D eigenvalue weighted by Crippen LogP contribution is 2.56. The summed E-state index contributed by atoms with van der Waals surface area (Å²) >= 11 is 0. The lowest BCUT2D eigenvalue weighted by molar-refractivity contribution is 0.00384. The molecule has 2 aliphatic carbocycles. The molecule has 0 heterocycles. The van der Waals surface area contributed by atoms with E-state index in [-0.39, 0.29) is 0 Å². The first-order chi connectivity index (χ1) is 7.00. The fourth-order valence-corrected chi connectivity index (χ4v) is 3.44. The summed E-state index contributed by atoms with van der Waals surface area (Å²) in [7, 11) is 0. The van der Waals surface area contributed by atoms with Crippen LogP contribution in [-0.4, -0.2) is 0 Å². The molecular weight excluding hydrogens is 180 g/mol. The molecule has 0 spiro atoms. The highest BCUT2D eigenvalue weighted by Gasteiger charge is 2.47. The van der Waals surface area contributed by atoms with Crippen LogP contribution in [-0.2, 0) is 0 Å². The molecule has 15 heavy (non-hydrogen) atoms. The van der Waals surface area contributed by atoms with Gasteiger partial charge in [-0.1, -0.05) is 37.6 Å². The monoisotopic (exact) mass is 204 g/mol. The van der Waals surface area contributed by atoms with Gasteiger partial charge < -0.3 is 0 Å². The summed E-state index contributed by atoms with van der Waals surface area (Å²) in [5.74, 6) is 1.73. The molecule has 0 aromatic heterocycles. The minimum atomic E-state index is 0.568. The van der Waals surface area contributed by atoms with E-state index in [1.54, 1.807) is 5.57 Å². The quantitative estimate of drug-likeness (QED) is 0.501. The van der Waals surface area contributed by atoms with Crippen molar-refractivity contribution in [1.29, 1.82) is 0 Å². The van der Waals surface area contributed by atoms with Crippen molar-refractivity contribution in [3.63, 3.8) is 0 Å². The van der Waals surface area contributed by atoms with Crippen LogP contribution in [0.3, 0.4) is 0 Å². The van der Waals surface area contributed by atoms with Crippen molar-refractivity contribution < 1.29 is 0 Å². The van der Waals surface area contributed by atoms with Crippen molar-refractivity contribution in [3.8, 4) is 0 Å². The summed E-state index contributed by atoms with van der Waals surface area (Å²) in [5.41, 5.74) is 3.68. The highest BCUT2D eigenvalue weighted by molar-refractivity contribution is 5.16. The second-order valence-corrected chi connectivity index (χ2v) is 6.19. The lowest BCUT2D eigenvalue weighted by atomic mass is 9.52. The normalized spacial score (nSPS) is 38.9. The third kappa shape index (κ3) is 2.04. The lowest BCUT2D eigenvalue weighted by Gasteiger charge is -2.53. The predicted octanol–water partition coefficient (Wildman–Crippen LogP) is 4.73. The zero-order valence-corrected chi connectivity index (χ0v) is 10.5. The van der Waals surface area contributed by atoms with Crippen LogP contribution in [0.2, 0.25) is 0 Å². The van der Waals surface area contributed by atoms with E-state index in [0.29, 0.717) is 5.41 Å². The van der Waals surface area contributed by atoms with Crippen LogP contribution in [0.25, 0.3) is 0 Å². The molecule has 0 saturated heterocycles. The Kier molecular flexibility index (Phi) is 2.79. The van der Waals surface area contributed by atoms with E-state index in [1.807, 2.05) is 0 Å². The highest BCUT2D eigenvalue weighted by atomic mass is 14.5. The Bertz CT molecular complexity index is 293. The Morgan fingerprint density at radius 3 is 2.73 bits per heavy atom. The predicted molar refractivity (Wildman–Crippen MR) is 66.7 cm³/mol. The average Bonchev–Trinajstić information content (AvgIpc) is 2.18. The zero-order chi connectivity index (χ0) is 11.1. The molecule has 2 rings (SSSR count). The maximum Gasteiger partial charge on any atom is -0.0167 e. The Labute approximate surface area is 94.5 Å². The molecule has 0 heteroatoms.